The van der Waals surface area contributed by atoms with Crippen LogP contribution in [0.3, 0.4) is 0 Å². The second kappa shape index (κ2) is 15.2. The summed E-state index contributed by atoms with van der Waals surface area (Å²) in [4.78, 5) is 42.0. The molecular weight excluding hydrogens is 560 g/mol. The van der Waals surface area contributed by atoms with E-state index in [1.165, 1.54) is 0 Å². The molecule has 0 spiro atoms. The van der Waals surface area contributed by atoms with Gasteiger partial charge in [-0.3, -0.25) is 9.59 Å². The number of rotatable bonds is 13. The van der Waals surface area contributed by atoms with Crippen LogP contribution in [0.25, 0.3) is 11.6 Å². The molecule has 2 aromatic carbocycles. The van der Waals surface area contributed by atoms with E-state index in [2.05, 4.69) is 18.7 Å². The van der Waals surface area contributed by atoms with Crippen molar-refractivity contribution in [3.63, 3.8) is 0 Å². The summed E-state index contributed by atoms with van der Waals surface area (Å²) in [5, 5.41) is 19.4. The molecule has 2 aromatic rings. The Morgan fingerprint density at radius 3 is 2.34 bits per heavy atom. The molecule has 1 saturated heterocycles. The highest BCUT2D eigenvalue weighted by Gasteiger charge is 2.32. The van der Waals surface area contributed by atoms with Gasteiger partial charge in [-0.2, -0.15) is 10.5 Å². The summed E-state index contributed by atoms with van der Waals surface area (Å²) >= 11 is 0. The summed E-state index contributed by atoms with van der Waals surface area (Å²) in [7, 11) is 0. The number of allylic oxidation sites excluding steroid dienone is 4. The number of unbranched alkanes of at least 4 members (excludes halogenated alkanes) is 2. The molecule has 0 N–H and O–H groups in total. The maximum absolute atomic E-state index is 11.9. The van der Waals surface area contributed by atoms with Gasteiger partial charge in [0, 0.05) is 49.7 Å². The van der Waals surface area contributed by atoms with Gasteiger partial charge in [-0.15, -0.1) is 5.06 Å². The third kappa shape index (κ3) is 7.93. The van der Waals surface area contributed by atoms with E-state index < -0.39 is 17.8 Å². The summed E-state index contributed by atoms with van der Waals surface area (Å²) in [6.45, 7) is 6.31. The Bertz CT molecular complexity index is 1540. The van der Waals surface area contributed by atoms with Crippen molar-refractivity contribution in [3.8, 4) is 23.6 Å². The fraction of sp³-hybridized carbons (Fsp3) is 0.324. The molecule has 226 valence electrons. The Labute approximate surface area is 257 Å². The number of nitriles is 2. The number of hydrogen-bond acceptors (Lipinski definition) is 9. The van der Waals surface area contributed by atoms with Crippen LogP contribution in [0, 0.1) is 22.7 Å². The van der Waals surface area contributed by atoms with E-state index in [4.69, 9.17) is 14.3 Å². The van der Waals surface area contributed by atoms with Crippen molar-refractivity contribution in [2.24, 2.45) is 0 Å². The summed E-state index contributed by atoms with van der Waals surface area (Å²) < 4.78 is 11.8. The molecule has 10 nitrogen and oxygen atoms in total. The molecule has 4 rings (SSSR count). The zero-order valence-electron chi connectivity index (χ0n) is 24.9. The van der Waals surface area contributed by atoms with Gasteiger partial charge >= 0.3 is 5.97 Å². The average molecular weight is 595 g/mol. The van der Waals surface area contributed by atoms with Crippen molar-refractivity contribution >= 4 is 35.1 Å². The largest absolute Gasteiger partial charge is 0.494 e. The number of fused-ring (bicyclic) bond motifs is 1. The topological polar surface area (TPSA) is 133 Å². The summed E-state index contributed by atoms with van der Waals surface area (Å²) in [5.41, 5.74) is 3.53. The first-order chi connectivity index (χ1) is 21.4. The molecule has 2 aliphatic heterocycles. The lowest BCUT2D eigenvalue weighted by Gasteiger charge is -2.25. The normalized spacial score (nSPS) is 14.0. The number of carbonyl (C=O) groups is 3. The van der Waals surface area contributed by atoms with Crippen LogP contribution in [0.4, 0.5) is 5.69 Å². The predicted octanol–water partition coefficient (Wildman–Crippen LogP) is 5.87. The first-order valence-corrected chi connectivity index (χ1v) is 14.7. The number of anilines is 1. The van der Waals surface area contributed by atoms with Crippen molar-refractivity contribution in [3.05, 3.63) is 77.1 Å². The van der Waals surface area contributed by atoms with E-state index in [-0.39, 0.29) is 30.6 Å². The molecule has 0 saturated carbocycles. The fourth-order valence-electron chi connectivity index (χ4n) is 4.79. The number of carbonyl (C=O) groups excluding carboxylic acids is 3. The molecule has 0 unspecified atom stereocenters. The van der Waals surface area contributed by atoms with Gasteiger partial charge in [0.2, 0.25) is 0 Å². The zero-order valence-corrected chi connectivity index (χ0v) is 24.9. The van der Waals surface area contributed by atoms with Gasteiger partial charge in [0.05, 0.1) is 6.61 Å². The lowest BCUT2D eigenvalue weighted by molar-refractivity contribution is -0.197. The van der Waals surface area contributed by atoms with Crippen molar-refractivity contribution in [1.29, 1.82) is 10.5 Å². The highest BCUT2D eigenvalue weighted by atomic mass is 16.7. The molecule has 0 bridgehead atoms. The monoisotopic (exact) mass is 594 g/mol. The number of nitrogens with zero attached hydrogens (tertiary/aromatic N) is 4. The second-order valence-electron chi connectivity index (χ2n) is 10.1. The quantitative estimate of drug-likeness (QED) is 0.159. The minimum absolute atomic E-state index is 0.0762. The van der Waals surface area contributed by atoms with Gasteiger partial charge in [-0.25, -0.2) is 4.79 Å². The third-order valence-electron chi connectivity index (χ3n) is 7.21. The Morgan fingerprint density at radius 2 is 1.68 bits per heavy atom. The minimum Gasteiger partial charge on any atom is -0.494 e. The lowest BCUT2D eigenvalue weighted by Crippen LogP contribution is -2.31. The number of imide groups is 1. The van der Waals surface area contributed by atoms with Crippen molar-refractivity contribution in [2.45, 2.75) is 52.4 Å². The number of amides is 2. The molecule has 1 fully saturated rings. The van der Waals surface area contributed by atoms with Crippen molar-refractivity contribution in [2.75, 3.05) is 24.6 Å². The Hall–Kier alpha value is -5.35. The first-order valence-electron chi connectivity index (χ1n) is 14.7. The van der Waals surface area contributed by atoms with Gasteiger partial charge in [0.15, 0.2) is 11.3 Å². The average Bonchev–Trinajstić information content (AvgIpc) is 3.35. The Morgan fingerprint density at radius 1 is 0.977 bits per heavy atom. The molecule has 0 aromatic heterocycles. The Kier molecular flexibility index (Phi) is 10.9. The number of hydrogen-bond donors (Lipinski definition) is 0. The van der Waals surface area contributed by atoms with Crippen LogP contribution in [0.1, 0.15) is 63.5 Å². The summed E-state index contributed by atoms with van der Waals surface area (Å²) in [6, 6.07) is 17.4. The van der Waals surface area contributed by atoms with Crippen LogP contribution in [-0.2, 0) is 19.2 Å². The predicted molar refractivity (Wildman–Crippen MR) is 163 cm³/mol. The molecule has 0 radical (unpaired) electrons. The van der Waals surface area contributed by atoms with Gasteiger partial charge in [0.25, 0.3) is 11.8 Å². The van der Waals surface area contributed by atoms with Crippen LogP contribution in [-0.4, -0.2) is 42.5 Å². The van der Waals surface area contributed by atoms with Crippen molar-refractivity contribution in [1.82, 2.24) is 5.06 Å². The molecule has 10 heteroatoms. The van der Waals surface area contributed by atoms with E-state index in [0.717, 1.165) is 48.3 Å². The first kappa shape index (κ1) is 31.6. The molecule has 2 heterocycles. The Balaban J connectivity index is 1.31. The molecule has 0 aliphatic carbocycles. The van der Waals surface area contributed by atoms with Crippen LogP contribution < -0.4 is 14.4 Å². The van der Waals surface area contributed by atoms with Crippen LogP contribution >= 0.6 is 0 Å². The molecule has 0 atom stereocenters. The minimum atomic E-state index is -0.592. The van der Waals surface area contributed by atoms with Crippen molar-refractivity contribution < 1.29 is 28.7 Å². The van der Waals surface area contributed by atoms with Crippen LogP contribution in [0.15, 0.2) is 65.9 Å². The lowest BCUT2D eigenvalue weighted by atomic mass is 9.98. The van der Waals surface area contributed by atoms with Crippen LogP contribution in [0.2, 0.25) is 0 Å². The number of ether oxygens (including phenoxy) is 2. The highest BCUT2D eigenvalue weighted by molar-refractivity contribution is 6.01. The van der Waals surface area contributed by atoms with Gasteiger partial charge in [-0.05, 0) is 74.6 Å². The van der Waals surface area contributed by atoms with E-state index in [0.29, 0.717) is 29.6 Å². The van der Waals surface area contributed by atoms with E-state index in [9.17, 15) is 24.9 Å². The maximum Gasteiger partial charge on any atom is 0.333 e. The van der Waals surface area contributed by atoms with Gasteiger partial charge in [-0.1, -0.05) is 24.3 Å². The third-order valence-corrected chi connectivity index (χ3v) is 7.21. The molecular formula is C34H34N4O6. The number of hydroxylamine groups is 2. The van der Waals surface area contributed by atoms with Gasteiger partial charge < -0.3 is 19.2 Å². The molecule has 2 amide bonds. The molecule has 44 heavy (non-hydrogen) atoms. The highest BCUT2D eigenvalue weighted by Crippen LogP contribution is 2.38. The SMILES string of the molecule is CCN(CC)c1ccc2c(c1)OC(=C(C#N)C#N)C=C2/C=C/c1ccc(OCCCCCC(=O)ON2C(=O)CCC2=O)cc1. The van der Waals surface area contributed by atoms with E-state index in [1.807, 2.05) is 66.8 Å². The molecule has 2 aliphatic rings. The van der Waals surface area contributed by atoms with Crippen LogP contribution in [0.5, 0.6) is 11.5 Å². The number of benzene rings is 2. The van der Waals surface area contributed by atoms with E-state index in [1.54, 1.807) is 6.08 Å². The second-order valence-corrected chi connectivity index (χ2v) is 10.1. The summed E-state index contributed by atoms with van der Waals surface area (Å²) in [6.07, 6.45) is 7.87. The zero-order chi connectivity index (χ0) is 31.5. The fourth-order valence-corrected chi connectivity index (χ4v) is 4.79. The maximum atomic E-state index is 11.9. The standard InChI is InChI=1S/C34H34N4O6/c1-3-37(4-2)27-13-16-29-25(20-30(26(22-35)23-36)43-31(29)21-27)12-9-24-10-14-28(15-11-24)42-19-7-5-6-8-34(41)44-38-32(39)17-18-33(38)40/h9-16,20-21H,3-8,17-19H2,1-2H3/b12-9+. The smallest absolute Gasteiger partial charge is 0.333 e. The van der Waals surface area contributed by atoms with Gasteiger partial charge in [0.1, 0.15) is 23.6 Å². The summed E-state index contributed by atoms with van der Waals surface area (Å²) in [5.74, 6) is -0.0339. The van der Waals surface area contributed by atoms with E-state index >= 15 is 0 Å².